The highest BCUT2D eigenvalue weighted by atomic mass is 31.2. The first kappa shape index (κ1) is 53.7. The molecule has 1 unspecified atom stereocenters. The van der Waals surface area contributed by atoms with Crippen molar-refractivity contribution < 1.29 is 42.1 Å². The van der Waals surface area contributed by atoms with Gasteiger partial charge in [0.1, 0.15) is 19.8 Å². The van der Waals surface area contributed by atoms with Crippen LogP contribution >= 0.6 is 7.82 Å². The van der Waals surface area contributed by atoms with Gasteiger partial charge in [-0.2, -0.15) is 0 Å². The van der Waals surface area contributed by atoms with E-state index in [2.05, 4.69) is 74.6 Å². The number of carbonyl (C=O) groups excluding carboxylic acids is 2. The standard InChI is InChI=1S/C46H82NO8P/c1-6-8-10-12-14-16-18-20-22-23-25-27-29-31-33-35-37-39-46(49)55-44(43-54-56(50,51)53-41-40-47(3,4)5)42-52-45(48)38-36-34-32-30-28-26-24-21-19-17-15-13-11-9-7-2/h9,11,15,17,20-22,24,28,30,44H,6-8,10,12-14,16,18-19,23,25-27,29,31-43H2,1-5H3/b11-9+,17-15+,22-20+,24-21+,30-28+/t44-/m1/s1. The molecule has 0 N–H and O–H groups in total. The molecule has 0 heterocycles. The first-order valence-electron chi connectivity index (χ1n) is 22.0. The zero-order chi connectivity index (χ0) is 41.4. The fraction of sp³-hybridized carbons (Fsp3) is 0.739. The van der Waals surface area contributed by atoms with Crippen molar-refractivity contribution in [2.24, 2.45) is 0 Å². The smallest absolute Gasteiger partial charge is 0.306 e. The van der Waals surface area contributed by atoms with E-state index in [1.165, 1.54) is 64.2 Å². The van der Waals surface area contributed by atoms with Crippen LogP contribution in [0.15, 0.2) is 60.8 Å². The van der Waals surface area contributed by atoms with Crippen molar-refractivity contribution >= 4 is 19.8 Å². The molecule has 0 bridgehead atoms. The lowest BCUT2D eigenvalue weighted by Gasteiger charge is -2.28. The van der Waals surface area contributed by atoms with Gasteiger partial charge in [-0.1, -0.05) is 139 Å². The van der Waals surface area contributed by atoms with E-state index in [0.717, 1.165) is 64.2 Å². The van der Waals surface area contributed by atoms with Gasteiger partial charge in [-0.3, -0.25) is 14.2 Å². The average Bonchev–Trinajstić information content (AvgIpc) is 3.15. The minimum absolute atomic E-state index is 0.0407. The molecule has 0 aromatic heterocycles. The van der Waals surface area contributed by atoms with Crippen molar-refractivity contribution in [2.45, 2.75) is 174 Å². The summed E-state index contributed by atoms with van der Waals surface area (Å²) in [5.74, 6) is -0.892. The van der Waals surface area contributed by atoms with Gasteiger partial charge in [0, 0.05) is 12.8 Å². The van der Waals surface area contributed by atoms with Crippen molar-refractivity contribution in [1.82, 2.24) is 0 Å². The number of rotatable bonds is 39. The normalized spacial score (nSPS) is 14.2. The SMILES string of the molecule is CC/C=C/C/C=C/C/C=C/C/C=C/CCCCC(=O)OC[C@H](COP(=O)([O-])OCC[N+](C)(C)C)OC(=O)CCCCCCCCC/C=C/CCCCCCCC. The Morgan fingerprint density at radius 3 is 1.57 bits per heavy atom. The molecular weight excluding hydrogens is 725 g/mol. The summed E-state index contributed by atoms with van der Waals surface area (Å²) in [6, 6.07) is 0. The Morgan fingerprint density at radius 2 is 1.02 bits per heavy atom. The van der Waals surface area contributed by atoms with E-state index >= 15 is 0 Å². The molecule has 0 saturated heterocycles. The number of phosphoric acid groups is 1. The molecule has 0 spiro atoms. The van der Waals surface area contributed by atoms with Gasteiger partial charge in [0.25, 0.3) is 7.82 Å². The maximum atomic E-state index is 12.7. The number of esters is 2. The molecule has 324 valence electrons. The van der Waals surface area contributed by atoms with E-state index in [1.54, 1.807) is 0 Å². The summed E-state index contributed by atoms with van der Waals surface area (Å²) in [5.41, 5.74) is 0. The minimum atomic E-state index is -4.64. The van der Waals surface area contributed by atoms with E-state index in [1.807, 2.05) is 21.1 Å². The van der Waals surface area contributed by atoms with Crippen LogP contribution < -0.4 is 4.89 Å². The summed E-state index contributed by atoms with van der Waals surface area (Å²) in [6.45, 7) is 4.04. The van der Waals surface area contributed by atoms with Crippen molar-refractivity contribution in [3.63, 3.8) is 0 Å². The topological polar surface area (TPSA) is 111 Å². The van der Waals surface area contributed by atoms with Crippen LogP contribution in [-0.4, -0.2) is 70.0 Å². The molecule has 0 aliphatic carbocycles. The third-order valence-electron chi connectivity index (χ3n) is 9.02. The molecule has 10 heteroatoms. The van der Waals surface area contributed by atoms with Gasteiger partial charge in [-0.05, 0) is 77.0 Å². The van der Waals surface area contributed by atoms with Gasteiger partial charge in [0.2, 0.25) is 0 Å². The van der Waals surface area contributed by atoms with Crippen molar-refractivity contribution in [3.8, 4) is 0 Å². The van der Waals surface area contributed by atoms with Crippen LogP contribution in [0.4, 0.5) is 0 Å². The molecule has 0 fully saturated rings. The third kappa shape index (κ3) is 41.3. The summed E-state index contributed by atoms with van der Waals surface area (Å²) in [7, 11) is 1.13. The predicted molar refractivity (Wildman–Crippen MR) is 231 cm³/mol. The van der Waals surface area contributed by atoms with Gasteiger partial charge in [-0.25, -0.2) is 0 Å². The number of hydrogen-bond donors (Lipinski definition) is 0. The number of unbranched alkanes of at least 4 members (excludes halogenated alkanes) is 15. The van der Waals surface area contributed by atoms with Gasteiger partial charge in [0.15, 0.2) is 6.10 Å². The molecule has 0 radical (unpaired) electrons. The minimum Gasteiger partial charge on any atom is -0.756 e. The highest BCUT2D eigenvalue weighted by Crippen LogP contribution is 2.38. The van der Waals surface area contributed by atoms with Crippen LogP contribution in [-0.2, 0) is 32.7 Å². The lowest BCUT2D eigenvalue weighted by Crippen LogP contribution is -2.37. The number of ether oxygens (including phenoxy) is 2. The Hall–Kier alpha value is -2.29. The quantitative estimate of drug-likeness (QED) is 0.0198. The van der Waals surface area contributed by atoms with Gasteiger partial charge >= 0.3 is 11.9 Å². The van der Waals surface area contributed by atoms with Gasteiger partial charge < -0.3 is 27.9 Å². The zero-order valence-corrected chi connectivity index (χ0v) is 37.2. The number of phosphoric ester groups is 1. The first-order valence-corrected chi connectivity index (χ1v) is 23.5. The van der Waals surface area contributed by atoms with Crippen molar-refractivity contribution in [1.29, 1.82) is 0 Å². The van der Waals surface area contributed by atoms with Crippen molar-refractivity contribution in [2.75, 3.05) is 47.5 Å². The number of carbonyl (C=O) groups is 2. The van der Waals surface area contributed by atoms with Crippen LogP contribution in [0.5, 0.6) is 0 Å². The summed E-state index contributed by atoms with van der Waals surface area (Å²) < 4.78 is 33.8. The summed E-state index contributed by atoms with van der Waals surface area (Å²) >= 11 is 0. The summed E-state index contributed by atoms with van der Waals surface area (Å²) in [5, 5.41) is 0. The van der Waals surface area contributed by atoms with Gasteiger partial charge in [0.05, 0.1) is 27.7 Å². The fourth-order valence-electron chi connectivity index (χ4n) is 5.58. The Labute approximate surface area is 343 Å². The van der Waals surface area contributed by atoms with E-state index < -0.39 is 32.5 Å². The monoisotopic (exact) mass is 808 g/mol. The second-order valence-electron chi connectivity index (χ2n) is 15.7. The van der Waals surface area contributed by atoms with Crippen LogP contribution in [0.25, 0.3) is 0 Å². The molecule has 0 aromatic carbocycles. The van der Waals surface area contributed by atoms with E-state index in [9.17, 15) is 19.0 Å². The Kier molecular flexibility index (Phi) is 36.7. The molecule has 0 amide bonds. The fourth-order valence-corrected chi connectivity index (χ4v) is 6.31. The van der Waals surface area contributed by atoms with Crippen LogP contribution in [0.3, 0.4) is 0 Å². The average molecular weight is 808 g/mol. The molecule has 56 heavy (non-hydrogen) atoms. The number of allylic oxidation sites excluding steroid dienone is 10. The summed E-state index contributed by atoms with van der Waals surface area (Å²) in [6.07, 6.45) is 45.3. The van der Waals surface area contributed by atoms with Crippen molar-refractivity contribution in [3.05, 3.63) is 60.8 Å². The number of hydrogen-bond acceptors (Lipinski definition) is 8. The number of nitrogens with zero attached hydrogens (tertiary/aromatic N) is 1. The maximum absolute atomic E-state index is 12.7. The highest BCUT2D eigenvalue weighted by molar-refractivity contribution is 7.45. The number of quaternary nitrogens is 1. The zero-order valence-electron chi connectivity index (χ0n) is 36.3. The molecule has 0 aromatic rings. The molecule has 0 aliphatic heterocycles. The molecular formula is C46H82NO8P. The lowest BCUT2D eigenvalue weighted by atomic mass is 10.1. The van der Waals surface area contributed by atoms with Crippen LogP contribution in [0.2, 0.25) is 0 Å². The second kappa shape index (κ2) is 38.2. The van der Waals surface area contributed by atoms with Crippen LogP contribution in [0.1, 0.15) is 168 Å². The van der Waals surface area contributed by atoms with E-state index in [4.69, 9.17) is 18.5 Å². The molecule has 2 atom stereocenters. The Morgan fingerprint density at radius 1 is 0.571 bits per heavy atom. The molecule has 0 aliphatic rings. The lowest BCUT2D eigenvalue weighted by molar-refractivity contribution is -0.870. The van der Waals surface area contributed by atoms with Gasteiger partial charge in [-0.15, -0.1) is 0 Å². The first-order chi connectivity index (χ1) is 27.0. The molecule has 0 saturated carbocycles. The Balaban J connectivity index is 4.43. The maximum Gasteiger partial charge on any atom is 0.306 e. The Bertz CT molecular complexity index is 1140. The second-order valence-corrected chi connectivity index (χ2v) is 17.1. The number of likely N-dealkylation sites (N-methyl/N-ethyl adjacent to an activating group) is 1. The molecule has 0 rings (SSSR count). The largest absolute Gasteiger partial charge is 0.756 e. The third-order valence-corrected chi connectivity index (χ3v) is 9.99. The highest BCUT2D eigenvalue weighted by Gasteiger charge is 2.21. The summed E-state index contributed by atoms with van der Waals surface area (Å²) in [4.78, 5) is 37.5. The van der Waals surface area contributed by atoms with Crippen LogP contribution in [0, 0.1) is 0 Å². The predicted octanol–water partition coefficient (Wildman–Crippen LogP) is 11.8. The van der Waals surface area contributed by atoms with E-state index in [0.29, 0.717) is 23.9 Å². The van der Waals surface area contributed by atoms with E-state index in [-0.39, 0.29) is 26.1 Å². The molecule has 9 nitrogen and oxygen atoms in total.